The second-order valence-corrected chi connectivity index (χ2v) is 10.4. The average molecular weight is 467 g/mol. The quantitative estimate of drug-likeness (QED) is 0.645. The molecule has 0 amide bonds. The maximum atomic E-state index is 12.9. The molecule has 0 bridgehead atoms. The number of hydrogen-bond acceptors (Lipinski definition) is 5. The molecule has 2 aromatic carbocycles. The van der Waals surface area contributed by atoms with Crippen molar-refractivity contribution in [3.8, 4) is 0 Å². The molecule has 1 N–H and O–H groups in total. The number of aliphatic hydroxyl groups is 1. The summed E-state index contributed by atoms with van der Waals surface area (Å²) < 4.78 is 33.3. The summed E-state index contributed by atoms with van der Waals surface area (Å²) in [6.45, 7) is 6.75. The molecular formula is C23H31ClN2O4S. The molecule has 0 unspecified atom stereocenters. The van der Waals surface area contributed by atoms with Gasteiger partial charge in [0.05, 0.1) is 23.7 Å². The third-order valence-electron chi connectivity index (χ3n) is 5.55. The summed E-state index contributed by atoms with van der Waals surface area (Å²) in [6.07, 6.45) is -0.0685. The van der Waals surface area contributed by atoms with Crippen LogP contribution in [0.25, 0.3) is 0 Å². The van der Waals surface area contributed by atoms with Crippen LogP contribution in [0.1, 0.15) is 30.6 Å². The molecule has 6 nitrogen and oxygen atoms in total. The monoisotopic (exact) mass is 466 g/mol. The van der Waals surface area contributed by atoms with Crippen LogP contribution in [0.2, 0.25) is 5.02 Å². The Kier molecular flexibility index (Phi) is 8.50. The van der Waals surface area contributed by atoms with Crippen LogP contribution in [0.3, 0.4) is 0 Å². The van der Waals surface area contributed by atoms with Gasteiger partial charge in [-0.2, -0.15) is 4.31 Å². The second-order valence-electron chi connectivity index (χ2n) is 8.05. The van der Waals surface area contributed by atoms with Gasteiger partial charge in [0.25, 0.3) is 0 Å². The number of rotatable bonds is 8. The van der Waals surface area contributed by atoms with Crippen LogP contribution in [-0.4, -0.2) is 68.2 Å². The molecule has 0 aliphatic carbocycles. The van der Waals surface area contributed by atoms with Crippen molar-refractivity contribution in [1.82, 2.24) is 9.21 Å². The Morgan fingerprint density at radius 3 is 2.39 bits per heavy atom. The Bertz CT molecular complexity index is 935. The van der Waals surface area contributed by atoms with Gasteiger partial charge >= 0.3 is 0 Å². The summed E-state index contributed by atoms with van der Waals surface area (Å²) in [5, 5.41) is 11.1. The van der Waals surface area contributed by atoms with Crippen LogP contribution in [0, 0.1) is 6.92 Å². The Morgan fingerprint density at radius 1 is 1.03 bits per heavy atom. The summed E-state index contributed by atoms with van der Waals surface area (Å²) in [5.74, 6) is 0. The molecular weight excluding hydrogens is 436 g/mol. The number of benzene rings is 2. The van der Waals surface area contributed by atoms with Gasteiger partial charge in [-0.25, -0.2) is 8.42 Å². The standard InChI is InChI=1S/C23H31ClN2O4S/c1-18-4-10-23(11-5-18)31(28,29)26-13-3-12-25(14-15-26)16-22(27)17-30-19(2)20-6-8-21(24)9-7-20/h4-11,19,22,27H,3,12-17H2,1-2H3/t19-,22+/m1/s1. The molecule has 2 aromatic rings. The topological polar surface area (TPSA) is 70.1 Å². The molecule has 3 rings (SSSR count). The van der Waals surface area contributed by atoms with Crippen LogP contribution < -0.4 is 0 Å². The Hall–Kier alpha value is -1.48. The molecule has 1 fully saturated rings. The van der Waals surface area contributed by atoms with E-state index in [1.165, 1.54) is 0 Å². The largest absolute Gasteiger partial charge is 0.389 e. The first-order valence-electron chi connectivity index (χ1n) is 10.6. The zero-order chi connectivity index (χ0) is 22.4. The highest BCUT2D eigenvalue weighted by molar-refractivity contribution is 7.89. The van der Waals surface area contributed by atoms with E-state index in [1.807, 2.05) is 50.2 Å². The molecule has 0 spiro atoms. The molecule has 0 aromatic heterocycles. The molecule has 0 radical (unpaired) electrons. The highest BCUT2D eigenvalue weighted by atomic mass is 35.5. The average Bonchev–Trinajstić information content (AvgIpc) is 2.99. The zero-order valence-corrected chi connectivity index (χ0v) is 19.6. The smallest absolute Gasteiger partial charge is 0.243 e. The normalized spacial score (nSPS) is 18.5. The van der Waals surface area contributed by atoms with Crippen molar-refractivity contribution in [3.05, 3.63) is 64.7 Å². The molecule has 170 valence electrons. The Morgan fingerprint density at radius 2 is 1.71 bits per heavy atom. The van der Waals surface area contributed by atoms with Gasteiger partial charge in [0.1, 0.15) is 0 Å². The van der Waals surface area contributed by atoms with E-state index in [1.54, 1.807) is 16.4 Å². The fourth-order valence-electron chi connectivity index (χ4n) is 3.67. The number of β-amino-alcohol motifs (C(OH)–C–C–N with tert-alkyl or cyclic N) is 1. The molecule has 2 atom stereocenters. The van der Waals surface area contributed by atoms with Gasteiger partial charge < -0.3 is 9.84 Å². The minimum absolute atomic E-state index is 0.147. The SMILES string of the molecule is Cc1ccc(S(=O)(=O)N2CCCN(C[C@H](O)CO[C@H](C)c3ccc(Cl)cc3)CC2)cc1. The highest BCUT2D eigenvalue weighted by Gasteiger charge is 2.27. The van der Waals surface area contributed by atoms with Gasteiger partial charge in [-0.05, 0) is 56.6 Å². The van der Waals surface area contributed by atoms with Gasteiger partial charge in [0.2, 0.25) is 10.0 Å². The van der Waals surface area contributed by atoms with Gasteiger partial charge in [-0.3, -0.25) is 4.90 Å². The minimum atomic E-state index is -3.50. The van der Waals surface area contributed by atoms with E-state index >= 15 is 0 Å². The van der Waals surface area contributed by atoms with Gasteiger partial charge in [0.15, 0.2) is 0 Å². The van der Waals surface area contributed by atoms with E-state index < -0.39 is 16.1 Å². The molecule has 1 heterocycles. The second kappa shape index (κ2) is 10.9. The van der Waals surface area contributed by atoms with Crippen molar-refractivity contribution >= 4 is 21.6 Å². The van der Waals surface area contributed by atoms with E-state index in [0.29, 0.717) is 36.1 Å². The lowest BCUT2D eigenvalue weighted by Gasteiger charge is -2.24. The van der Waals surface area contributed by atoms with Crippen LogP contribution >= 0.6 is 11.6 Å². The number of halogens is 1. The molecule has 1 saturated heterocycles. The van der Waals surface area contributed by atoms with Gasteiger partial charge in [-0.15, -0.1) is 0 Å². The first-order chi connectivity index (χ1) is 14.8. The molecule has 8 heteroatoms. The molecule has 1 aliphatic heterocycles. The summed E-state index contributed by atoms with van der Waals surface area (Å²) in [7, 11) is -3.50. The van der Waals surface area contributed by atoms with E-state index in [0.717, 1.165) is 24.1 Å². The fraction of sp³-hybridized carbons (Fsp3) is 0.478. The number of nitrogens with zero attached hydrogens (tertiary/aromatic N) is 2. The van der Waals surface area contributed by atoms with Crippen molar-refractivity contribution in [3.63, 3.8) is 0 Å². The number of hydrogen-bond donors (Lipinski definition) is 1. The lowest BCUT2D eigenvalue weighted by atomic mass is 10.1. The lowest BCUT2D eigenvalue weighted by Crippen LogP contribution is -2.39. The summed E-state index contributed by atoms with van der Waals surface area (Å²) >= 11 is 5.92. The molecule has 31 heavy (non-hydrogen) atoms. The number of aliphatic hydroxyl groups excluding tert-OH is 1. The van der Waals surface area contributed by atoms with Crippen molar-refractivity contribution in [2.24, 2.45) is 0 Å². The van der Waals surface area contributed by atoms with Crippen LogP contribution in [-0.2, 0) is 14.8 Å². The molecule has 1 aliphatic rings. The van der Waals surface area contributed by atoms with E-state index in [2.05, 4.69) is 4.90 Å². The van der Waals surface area contributed by atoms with Crippen molar-refractivity contribution in [2.75, 3.05) is 39.3 Å². The van der Waals surface area contributed by atoms with E-state index in [9.17, 15) is 13.5 Å². The number of aryl methyl sites for hydroxylation is 1. The highest BCUT2D eigenvalue weighted by Crippen LogP contribution is 2.20. The summed E-state index contributed by atoms with van der Waals surface area (Å²) in [5.41, 5.74) is 2.03. The van der Waals surface area contributed by atoms with Crippen molar-refractivity contribution in [2.45, 2.75) is 37.4 Å². The van der Waals surface area contributed by atoms with Crippen LogP contribution in [0.5, 0.6) is 0 Å². The van der Waals surface area contributed by atoms with Crippen LogP contribution in [0.15, 0.2) is 53.4 Å². The predicted molar refractivity (Wildman–Crippen MR) is 123 cm³/mol. The first-order valence-corrected chi connectivity index (χ1v) is 12.4. The van der Waals surface area contributed by atoms with Gasteiger partial charge in [0, 0.05) is 31.2 Å². The third-order valence-corrected chi connectivity index (χ3v) is 7.72. The number of sulfonamides is 1. The first kappa shape index (κ1) is 24.2. The number of ether oxygens (including phenoxy) is 1. The van der Waals surface area contributed by atoms with Crippen molar-refractivity contribution in [1.29, 1.82) is 0 Å². The Balaban J connectivity index is 1.49. The van der Waals surface area contributed by atoms with E-state index in [-0.39, 0.29) is 12.7 Å². The lowest BCUT2D eigenvalue weighted by molar-refractivity contribution is -0.0151. The van der Waals surface area contributed by atoms with E-state index in [4.69, 9.17) is 16.3 Å². The fourth-order valence-corrected chi connectivity index (χ4v) is 5.26. The Labute approximate surface area is 190 Å². The van der Waals surface area contributed by atoms with Crippen molar-refractivity contribution < 1.29 is 18.3 Å². The summed E-state index contributed by atoms with van der Waals surface area (Å²) in [6, 6.07) is 14.4. The molecule has 0 saturated carbocycles. The zero-order valence-electron chi connectivity index (χ0n) is 18.1. The maximum absolute atomic E-state index is 12.9. The van der Waals surface area contributed by atoms with Gasteiger partial charge in [-0.1, -0.05) is 41.4 Å². The minimum Gasteiger partial charge on any atom is -0.389 e. The predicted octanol–water partition coefficient (Wildman–Crippen LogP) is 3.48. The summed E-state index contributed by atoms with van der Waals surface area (Å²) in [4.78, 5) is 2.43. The van der Waals surface area contributed by atoms with Crippen LogP contribution in [0.4, 0.5) is 0 Å². The third kappa shape index (κ3) is 6.75. The maximum Gasteiger partial charge on any atom is 0.243 e.